The van der Waals surface area contributed by atoms with Crippen molar-refractivity contribution >= 4 is 17.2 Å². The molecule has 3 N–H and O–H groups in total. The van der Waals surface area contributed by atoms with Gasteiger partial charge in [0.05, 0.1) is 18.2 Å². The Kier molecular flexibility index (Phi) is 5.30. The number of nitrogens with two attached hydrogens (primary N) is 1. The fraction of sp³-hybridized carbons (Fsp3) is 0.333. The monoisotopic (exact) mass is 305 g/mol. The normalized spacial score (nSPS) is 12.0. The maximum atomic E-state index is 12.2. The lowest BCUT2D eigenvalue weighted by atomic mass is 10.1. The number of carbonyl (C=O) groups is 1. The summed E-state index contributed by atoms with van der Waals surface area (Å²) in [7, 11) is 1.62. The molecular weight excluding hydrogens is 286 g/mol. The van der Waals surface area contributed by atoms with Gasteiger partial charge in [-0.25, -0.2) is 4.98 Å². The Balaban J connectivity index is 2.07. The number of ether oxygens (including phenoxy) is 1. The number of nitrogens with one attached hydrogen (secondary N) is 1. The van der Waals surface area contributed by atoms with E-state index in [1.807, 2.05) is 31.2 Å². The van der Waals surface area contributed by atoms with Crippen LogP contribution in [-0.4, -0.2) is 24.5 Å². The minimum absolute atomic E-state index is 0.159. The van der Waals surface area contributed by atoms with E-state index >= 15 is 0 Å². The van der Waals surface area contributed by atoms with Crippen LogP contribution in [0.15, 0.2) is 29.6 Å². The second kappa shape index (κ2) is 7.19. The molecule has 0 bridgehead atoms. The maximum absolute atomic E-state index is 12.2. The first-order valence-corrected chi connectivity index (χ1v) is 7.62. The van der Waals surface area contributed by atoms with Gasteiger partial charge in [-0.2, -0.15) is 0 Å². The van der Waals surface area contributed by atoms with Crippen LogP contribution in [0, 0.1) is 0 Å². The number of carbonyl (C=O) groups excluding carboxylic acids is 1. The Hall–Kier alpha value is -1.92. The van der Waals surface area contributed by atoms with Crippen LogP contribution in [0.4, 0.5) is 0 Å². The molecule has 0 spiro atoms. The lowest BCUT2D eigenvalue weighted by Gasteiger charge is -2.16. The SMILES string of the molecule is COc1ccccc1[C@@H](C)NC(=O)c1csc(CCN)n1. The summed E-state index contributed by atoms with van der Waals surface area (Å²) in [5.74, 6) is 0.570. The summed E-state index contributed by atoms with van der Waals surface area (Å²) in [6.07, 6.45) is 0.694. The van der Waals surface area contributed by atoms with E-state index < -0.39 is 0 Å². The second-order valence-corrected chi connectivity index (χ2v) is 5.54. The number of hydrogen-bond acceptors (Lipinski definition) is 5. The van der Waals surface area contributed by atoms with Crippen LogP contribution in [0.25, 0.3) is 0 Å². The minimum atomic E-state index is -0.187. The highest BCUT2D eigenvalue weighted by molar-refractivity contribution is 7.09. The van der Waals surface area contributed by atoms with E-state index in [1.165, 1.54) is 11.3 Å². The molecule has 0 radical (unpaired) electrons. The highest BCUT2D eigenvalue weighted by Crippen LogP contribution is 2.24. The van der Waals surface area contributed by atoms with Gasteiger partial charge in [-0.15, -0.1) is 11.3 Å². The minimum Gasteiger partial charge on any atom is -0.496 e. The van der Waals surface area contributed by atoms with Crippen molar-refractivity contribution in [3.05, 3.63) is 45.9 Å². The number of para-hydroxylation sites is 1. The number of thiazole rings is 1. The average molecular weight is 305 g/mol. The summed E-state index contributed by atoms with van der Waals surface area (Å²) in [5, 5.41) is 5.58. The Morgan fingerprint density at radius 3 is 2.95 bits per heavy atom. The number of methoxy groups -OCH3 is 1. The molecule has 0 saturated heterocycles. The first-order chi connectivity index (χ1) is 10.2. The summed E-state index contributed by atoms with van der Waals surface area (Å²) in [6, 6.07) is 7.47. The van der Waals surface area contributed by atoms with E-state index in [1.54, 1.807) is 12.5 Å². The molecule has 0 fully saturated rings. The van der Waals surface area contributed by atoms with Crippen molar-refractivity contribution in [3.8, 4) is 5.75 Å². The molecule has 21 heavy (non-hydrogen) atoms. The number of amides is 1. The predicted molar refractivity (Wildman–Crippen MR) is 83.7 cm³/mol. The first-order valence-electron chi connectivity index (χ1n) is 6.74. The first kappa shape index (κ1) is 15.5. The number of benzene rings is 1. The third kappa shape index (κ3) is 3.80. The lowest BCUT2D eigenvalue weighted by molar-refractivity contribution is 0.0935. The molecule has 1 aromatic heterocycles. The Morgan fingerprint density at radius 2 is 2.24 bits per heavy atom. The van der Waals surface area contributed by atoms with Crippen LogP contribution in [0.3, 0.4) is 0 Å². The van der Waals surface area contributed by atoms with E-state index in [-0.39, 0.29) is 11.9 Å². The van der Waals surface area contributed by atoms with Gasteiger partial charge < -0.3 is 15.8 Å². The van der Waals surface area contributed by atoms with Gasteiger partial charge in [-0.3, -0.25) is 4.79 Å². The van der Waals surface area contributed by atoms with Gasteiger partial charge in [0.25, 0.3) is 5.91 Å². The summed E-state index contributed by atoms with van der Waals surface area (Å²) < 4.78 is 5.31. The van der Waals surface area contributed by atoms with Gasteiger partial charge >= 0.3 is 0 Å². The number of aromatic nitrogens is 1. The topological polar surface area (TPSA) is 77.2 Å². The van der Waals surface area contributed by atoms with Crippen molar-refractivity contribution < 1.29 is 9.53 Å². The fourth-order valence-corrected chi connectivity index (χ4v) is 2.82. The zero-order valence-electron chi connectivity index (χ0n) is 12.1. The molecular formula is C15H19N3O2S. The Bertz CT molecular complexity index is 612. The van der Waals surface area contributed by atoms with Gasteiger partial charge in [0.2, 0.25) is 0 Å². The van der Waals surface area contributed by atoms with Gasteiger partial charge in [-0.1, -0.05) is 18.2 Å². The van der Waals surface area contributed by atoms with E-state index in [2.05, 4.69) is 10.3 Å². The molecule has 0 aliphatic carbocycles. The summed E-state index contributed by atoms with van der Waals surface area (Å²) in [5.41, 5.74) is 6.86. The Morgan fingerprint density at radius 1 is 1.48 bits per heavy atom. The van der Waals surface area contributed by atoms with Gasteiger partial charge in [0.15, 0.2) is 0 Å². The third-order valence-corrected chi connectivity index (χ3v) is 4.00. The molecule has 1 heterocycles. The van der Waals surface area contributed by atoms with Crippen molar-refractivity contribution in [1.29, 1.82) is 0 Å². The molecule has 5 nitrogen and oxygen atoms in total. The maximum Gasteiger partial charge on any atom is 0.271 e. The van der Waals surface area contributed by atoms with Crippen molar-refractivity contribution in [2.75, 3.05) is 13.7 Å². The number of rotatable bonds is 6. The molecule has 112 valence electrons. The van der Waals surface area contributed by atoms with E-state index in [0.29, 0.717) is 18.7 Å². The molecule has 0 saturated carbocycles. The quantitative estimate of drug-likeness (QED) is 0.857. The highest BCUT2D eigenvalue weighted by atomic mass is 32.1. The molecule has 0 aliphatic rings. The standard InChI is InChI=1S/C15H19N3O2S/c1-10(11-5-3-4-6-13(11)20-2)17-15(19)12-9-21-14(18-12)7-8-16/h3-6,9-10H,7-8,16H2,1-2H3,(H,17,19)/t10-/m1/s1. The number of nitrogens with zero attached hydrogens (tertiary/aromatic N) is 1. The van der Waals surface area contributed by atoms with Gasteiger partial charge in [0, 0.05) is 17.4 Å². The zero-order chi connectivity index (χ0) is 15.2. The van der Waals surface area contributed by atoms with Crippen LogP contribution in [0.2, 0.25) is 0 Å². The molecule has 0 unspecified atom stereocenters. The largest absolute Gasteiger partial charge is 0.496 e. The molecule has 1 amide bonds. The van der Waals surface area contributed by atoms with Crippen molar-refractivity contribution in [3.63, 3.8) is 0 Å². The van der Waals surface area contributed by atoms with Crippen molar-refractivity contribution in [1.82, 2.24) is 10.3 Å². The highest BCUT2D eigenvalue weighted by Gasteiger charge is 2.16. The fourth-order valence-electron chi connectivity index (χ4n) is 2.03. The zero-order valence-corrected chi connectivity index (χ0v) is 12.9. The van der Waals surface area contributed by atoms with Crippen molar-refractivity contribution in [2.45, 2.75) is 19.4 Å². The van der Waals surface area contributed by atoms with E-state index in [0.717, 1.165) is 16.3 Å². The Labute approximate surface area is 128 Å². The van der Waals surface area contributed by atoms with E-state index in [4.69, 9.17) is 10.5 Å². The summed E-state index contributed by atoms with van der Waals surface area (Å²) in [6.45, 7) is 2.45. The second-order valence-electron chi connectivity index (χ2n) is 4.60. The predicted octanol–water partition coefficient (Wildman–Crippen LogP) is 2.14. The van der Waals surface area contributed by atoms with Gasteiger partial charge in [-0.05, 0) is 19.5 Å². The summed E-state index contributed by atoms with van der Waals surface area (Å²) >= 11 is 1.46. The van der Waals surface area contributed by atoms with Crippen LogP contribution in [0.1, 0.15) is 34.0 Å². The average Bonchev–Trinajstić information content (AvgIpc) is 2.96. The van der Waals surface area contributed by atoms with Crippen LogP contribution >= 0.6 is 11.3 Å². The lowest BCUT2D eigenvalue weighted by Crippen LogP contribution is -2.27. The molecule has 1 atom stereocenters. The molecule has 6 heteroatoms. The van der Waals surface area contributed by atoms with Gasteiger partial charge in [0.1, 0.15) is 11.4 Å². The third-order valence-electron chi connectivity index (χ3n) is 3.10. The van der Waals surface area contributed by atoms with Crippen molar-refractivity contribution in [2.24, 2.45) is 5.73 Å². The molecule has 2 rings (SSSR count). The molecule has 0 aliphatic heterocycles. The summed E-state index contributed by atoms with van der Waals surface area (Å²) in [4.78, 5) is 16.5. The van der Waals surface area contributed by atoms with E-state index in [9.17, 15) is 4.79 Å². The molecule has 2 aromatic rings. The van der Waals surface area contributed by atoms with Crippen LogP contribution in [0.5, 0.6) is 5.75 Å². The number of hydrogen-bond donors (Lipinski definition) is 2. The van der Waals surface area contributed by atoms with Crippen LogP contribution < -0.4 is 15.8 Å². The molecule has 1 aromatic carbocycles. The van der Waals surface area contributed by atoms with Crippen LogP contribution in [-0.2, 0) is 6.42 Å². The smallest absolute Gasteiger partial charge is 0.271 e.